The molecule has 5 nitrogen and oxygen atoms in total. The van der Waals surface area contributed by atoms with Crippen LogP contribution in [0, 0.1) is 0 Å². The van der Waals surface area contributed by atoms with Crippen molar-refractivity contribution in [2.24, 2.45) is 0 Å². The van der Waals surface area contributed by atoms with Crippen LogP contribution in [0.1, 0.15) is 24.4 Å². The minimum absolute atomic E-state index is 0.0155. The fourth-order valence-electron chi connectivity index (χ4n) is 3.83. The number of rotatable bonds is 4. The normalized spacial score (nSPS) is 15.2. The second-order valence-corrected chi connectivity index (χ2v) is 7.39. The summed E-state index contributed by atoms with van der Waals surface area (Å²) in [4.78, 5) is 17.6. The molecule has 1 aliphatic heterocycles. The van der Waals surface area contributed by atoms with E-state index in [-0.39, 0.29) is 11.7 Å². The molecule has 1 fully saturated rings. The number of likely N-dealkylation sites (tertiary alicyclic amines) is 1. The van der Waals surface area contributed by atoms with Gasteiger partial charge in [-0.25, -0.2) is 4.79 Å². The van der Waals surface area contributed by atoms with Crippen molar-refractivity contribution in [2.45, 2.75) is 25.3 Å². The van der Waals surface area contributed by atoms with Gasteiger partial charge in [0.25, 0.3) is 0 Å². The predicted octanol–water partition coefficient (Wildman–Crippen LogP) is 3.08. The molecular formula is C21H24N4OS. The third-order valence-corrected chi connectivity index (χ3v) is 5.68. The number of nitrogens with one attached hydrogen (secondary N) is 2. The van der Waals surface area contributed by atoms with Crippen molar-refractivity contribution >= 4 is 28.4 Å². The lowest BCUT2D eigenvalue weighted by molar-refractivity contribution is 0.265. The van der Waals surface area contributed by atoms with Crippen LogP contribution in [-0.4, -0.2) is 39.2 Å². The maximum absolute atomic E-state index is 12.4. The van der Waals surface area contributed by atoms with E-state index in [1.807, 2.05) is 34.9 Å². The minimum atomic E-state index is -0.0155. The highest BCUT2D eigenvalue weighted by Gasteiger charge is 2.24. The molecule has 2 N–H and O–H groups in total. The molecule has 2 heterocycles. The van der Waals surface area contributed by atoms with Crippen LogP contribution in [0.3, 0.4) is 0 Å². The van der Waals surface area contributed by atoms with Gasteiger partial charge >= 0.3 is 5.69 Å². The van der Waals surface area contributed by atoms with Crippen LogP contribution in [-0.2, 0) is 6.42 Å². The molecule has 0 aliphatic carbocycles. The van der Waals surface area contributed by atoms with E-state index < -0.39 is 0 Å². The maximum Gasteiger partial charge on any atom is 0.326 e. The molecule has 0 unspecified atom stereocenters. The Hall–Kier alpha value is -2.60. The molecule has 140 valence electrons. The molecule has 0 bridgehead atoms. The zero-order chi connectivity index (χ0) is 18.6. The summed E-state index contributed by atoms with van der Waals surface area (Å²) in [6.07, 6.45) is 2.80. The van der Waals surface area contributed by atoms with Gasteiger partial charge in [-0.15, -0.1) is 0 Å². The number of para-hydroxylation sites is 2. The smallest absolute Gasteiger partial charge is 0.326 e. The molecule has 3 aromatic rings. The number of hydrogen-bond acceptors (Lipinski definition) is 2. The third kappa shape index (κ3) is 3.90. The van der Waals surface area contributed by atoms with Gasteiger partial charge in [-0.2, -0.15) is 0 Å². The van der Waals surface area contributed by atoms with Crippen molar-refractivity contribution < 1.29 is 0 Å². The Kier molecular flexibility index (Phi) is 5.25. The van der Waals surface area contributed by atoms with E-state index in [2.05, 4.69) is 39.5 Å². The molecular weight excluding hydrogens is 356 g/mol. The van der Waals surface area contributed by atoms with Crippen molar-refractivity contribution in [1.82, 2.24) is 19.8 Å². The molecule has 27 heavy (non-hydrogen) atoms. The van der Waals surface area contributed by atoms with Gasteiger partial charge in [0.05, 0.1) is 11.0 Å². The van der Waals surface area contributed by atoms with E-state index in [4.69, 9.17) is 12.2 Å². The molecule has 2 aromatic carbocycles. The van der Waals surface area contributed by atoms with Crippen LogP contribution in [0.5, 0.6) is 0 Å². The first-order valence-electron chi connectivity index (χ1n) is 9.48. The fraction of sp³-hybridized carbons (Fsp3) is 0.333. The lowest BCUT2D eigenvalue weighted by atomic mass is 10.0. The van der Waals surface area contributed by atoms with Crippen LogP contribution >= 0.6 is 12.2 Å². The van der Waals surface area contributed by atoms with Crippen molar-refractivity contribution in [3.8, 4) is 0 Å². The lowest BCUT2D eigenvalue weighted by Gasteiger charge is -2.34. The van der Waals surface area contributed by atoms with Gasteiger partial charge in [-0.3, -0.25) is 4.57 Å². The first-order valence-corrected chi connectivity index (χ1v) is 9.89. The first-order chi connectivity index (χ1) is 13.2. The van der Waals surface area contributed by atoms with E-state index in [1.165, 1.54) is 5.56 Å². The highest BCUT2D eigenvalue weighted by atomic mass is 32.1. The molecule has 0 spiro atoms. The molecule has 0 atom stereocenters. The monoisotopic (exact) mass is 380 g/mol. The summed E-state index contributed by atoms with van der Waals surface area (Å²) in [5, 5.41) is 4.19. The highest BCUT2D eigenvalue weighted by molar-refractivity contribution is 7.80. The summed E-state index contributed by atoms with van der Waals surface area (Å²) in [6, 6.07) is 18.5. The number of H-pyrrole nitrogens is 1. The van der Waals surface area contributed by atoms with Gasteiger partial charge in [0.2, 0.25) is 0 Å². The van der Waals surface area contributed by atoms with Gasteiger partial charge in [0.15, 0.2) is 5.11 Å². The Balaban J connectivity index is 1.32. The number of fused-ring (bicyclic) bond motifs is 1. The summed E-state index contributed by atoms with van der Waals surface area (Å²) in [5.74, 6) is 0. The summed E-state index contributed by atoms with van der Waals surface area (Å²) < 4.78 is 1.92. The number of hydrogen-bond donors (Lipinski definition) is 2. The van der Waals surface area contributed by atoms with Crippen LogP contribution < -0.4 is 11.0 Å². The van der Waals surface area contributed by atoms with Crippen molar-refractivity contribution in [3.63, 3.8) is 0 Å². The minimum Gasteiger partial charge on any atom is -0.362 e. The summed E-state index contributed by atoms with van der Waals surface area (Å²) in [7, 11) is 0. The van der Waals surface area contributed by atoms with Gasteiger partial charge in [0, 0.05) is 25.7 Å². The number of aromatic amines is 1. The van der Waals surface area contributed by atoms with Crippen LogP contribution in [0.4, 0.5) is 0 Å². The topological polar surface area (TPSA) is 53.1 Å². The van der Waals surface area contributed by atoms with Gasteiger partial charge in [0.1, 0.15) is 0 Å². The molecule has 1 saturated heterocycles. The first kappa shape index (κ1) is 17.8. The Morgan fingerprint density at radius 2 is 1.78 bits per heavy atom. The lowest BCUT2D eigenvalue weighted by Crippen LogP contribution is -2.45. The van der Waals surface area contributed by atoms with Crippen molar-refractivity contribution in [3.05, 3.63) is 70.6 Å². The van der Waals surface area contributed by atoms with Crippen LogP contribution in [0.15, 0.2) is 59.4 Å². The molecule has 0 amide bonds. The average Bonchev–Trinajstić information content (AvgIpc) is 3.04. The average molecular weight is 381 g/mol. The highest BCUT2D eigenvalue weighted by Crippen LogP contribution is 2.24. The number of aromatic nitrogens is 2. The van der Waals surface area contributed by atoms with Crippen molar-refractivity contribution in [2.75, 3.05) is 19.6 Å². The number of nitrogens with zero attached hydrogens (tertiary/aromatic N) is 2. The summed E-state index contributed by atoms with van der Waals surface area (Å²) in [6.45, 7) is 2.58. The van der Waals surface area contributed by atoms with E-state index in [0.717, 1.165) is 55.0 Å². The Morgan fingerprint density at radius 3 is 2.56 bits per heavy atom. The van der Waals surface area contributed by atoms with E-state index in [0.29, 0.717) is 0 Å². The third-order valence-electron chi connectivity index (χ3n) is 5.27. The molecule has 4 rings (SSSR count). The quantitative estimate of drug-likeness (QED) is 0.683. The zero-order valence-electron chi connectivity index (χ0n) is 15.2. The molecule has 1 aromatic heterocycles. The number of thiocarbonyl (C=S) groups is 1. The summed E-state index contributed by atoms with van der Waals surface area (Å²) >= 11 is 5.57. The fourth-order valence-corrected chi connectivity index (χ4v) is 4.12. The second kappa shape index (κ2) is 7.96. The summed E-state index contributed by atoms with van der Waals surface area (Å²) in [5.41, 5.74) is 3.19. The Morgan fingerprint density at radius 1 is 1.07 bits per heavy atom. The Labute approximate surface area is 164 Å². The zero-order valence-corrected chi connectivity index (χ0v) is 16.0. The van der Waals surface area contributed by atoms with Gasteiger partial charge in [-0.1, -0.05) is 42.5 Å². The molecule has 1 aliphatic rings. The molecule has 6 heteroatoms. The predicted molar refractivity (Wildman–Crippen MR) is 113 cm³/mol. The van der Waals surface area contributed by atoms with Gasteiger partial charge in [-0.05, 0) is 49.2 Å². The number of benzene rings is 2. The van der Waals surface area contributed by atoms with E-state index in [1.54, 1.807) is 0 Å². The standard InChI is InChI=1S/C21H24N4OS/c26-20-23-18-8-4-5-9-19(18)25(20)17-11-14-24(15-12-17)21(27)22-13-10-16-6-2-1-3-7-16/h1-9,17H,10-15H2,(H,22,27)(H,23,26). The van der Waals surface area contributed by atoms with Crippen LogP contribution in [0.25, 0.3) is 11.0 Å². The molecule has 0 radical (unpaired) electrons. The SMILES string of the molecule is O=c1[nH]c2ccccc2n1C1CCN(C(=S)NCCc2ccccc2)CC1. The second-order valence-electron chi connectivity index (χ2n) is 7.00. The number of imidazole rings is 1. The number of piperidine rings is 1. The maximum atomic E-state index is 12.4. The van der Waals surface area contributed by atoms with Gasteiger partial charge < -0.3 is 15.2 Å². The largest absolute Gasteiger partial charge is 0.362 e. The van der Waals surface area contributed by atoms with Crippen LogP contribution in [0.2, 0.25) is 0 Å². The van der Waals surface area contributed by atoms with E-state index >= 15 is 0 Å². The van der Waals surface area contributed by atoms with E-state index in [9.17, 15) is 4.79 Å². The van der Waals surface area contributed by atoms with Crippen molar-refractivity contribution in [1.29, 1.82) is 0 Å². The Bertz CT molecular complexity index is 971. The molecule has 0 saturated carbocycles.